The van der Waals surface area contributed by atoms with Gasteiger partial charge in [-0.1, -0.05) is 56.3 Å². The van der Waals surface area contributed by atoms with Crippen LogP contribution < -0.4 is 0 Å². The SMILES string of the molecule is CC(=O)N1[C@H](c2ccc(C(C)C)cc2)c2[nH]c3ccccc3c2C[C@H]1C(=O)O. The maximum absolute atomic E-state index is 12.5. The number of fused-ring (bicyclic) bond motifs is 3. The Morgan fingerprint density at radius 2 is 1.79 bits per heavy atom. The molecule has 0 bridgehead atoms. The second-order valence-electron chi connectivity index (χ2n) is 7.77. The van der Waals surface area contributed by atoms with E-state index in [-0.39, 0.29) is 5.91 Å². The zero-order valence-electron chi connectivity index (χ0n) is 16.3. The number of hydrogen-bond acceptors (Lipinski definition) is 2. The molecular weight excluding hydrogens is 352 g/mol. The number of carbonyl (C=O) groups is 2. The van der Waals surface area contributed by atoms with Crippen LogP contribution in [0, 0.1) is 0 Å². The second-order valence-corrected chi connectivity index (χ2v) is 7.77. The quantitative estimate of drug-likeness (QED) is 0.718. The zero-order chi connectivity index (χ0) is 20.0. The Hall–Kier alpha value is -3.08. The first-order valence-electron chi connectivity index (χ1n) is 9.59. The molecule has 5 heteroatoms. The van der Waals surface area contributed by atoms with E-state index in [1.807, 2.05) is 36.4 Å². The van der Waals surface area contributed by atoms with Crippen molar-refractivity contribution in [3.63, 3.8) is 0 Å². The van der Waals surface area contributed by atoms with Gasteiger partial charge in [0.25, 0.3) is 0 Å². The predicted octanol–water partition coefficient (Wildman–Crippen LogP) is 4.24. The Kier molecular flexibility index (Phi) is 4.46. The molecule has 2 atom stereocenters. The van der Waals surface area contributed by atoms with Crippen molar-refractivity contribution in [3.8, 4) is 0 Å². The van der Waals surface area contributed by atoms with Gasteiger partial charge in [-0.3, -0.25) is 4.79 Å². The third kappa shape index (κ3) is 2.87. The van der Waals surface area contributed by atoms with Crippen LogP contribution in [0.1, 0.15) is 55.1 Å². The first kappa shape index (κ1) is 18.3. The highest BCUT2D eigenvalue weighted by atomic mass is 16.4. The summed E-state index contributed by atoms with van der Waals surface area (Å²) in [5.74, 6) is -0.815. The molecule has 1 amide bonds. The summed E-state index contributed by atoms with van der Waals surface area (Å²) < 4.78 is 0. The molecule has 0 fully saturated rings. The van der Waals surface area contributed by atoms with Crippen molar-refractivity contribution < 1.29 is 14.7 Å². The zero-order valence-corrected chi connectivity index (χ0v) is 16.3. The molecule has 3 aromatic rings. The fourth-order valence-corrected chi connectivity index (χ4v) is 4.28. The highest BCUT2D eigenvalue weighted by Crippen LogP contribution is 2.41. The normalized spacial score (nSPS) is 19.1. The third-order valence-corrected chi connectivity index (χ3v) is 5.70. The van der Waals surface area contributed by atoms with Crippen LogP contribution in [0.5, 0.6) is 0 Å². The molecule has 0 saturated heterocycles. The molecule has 1 aliphatic heterocycles. The summed E-state index contributed by atoms with van der Waals surface area (Å²) in [7, 11) is 0. The average Bonchev–Trinajstić information content (AvgIpc) is 3.04. The van der Waals surface area contributed by atoms with Crippen molar-refractivity contribution in [2.24, 2.45) is 0 Å². The minimum Gasteiger partial charge on any atom is -0.480 e. The van der Waals surface area contributed by atoms with E-state index in [1.165, 1.54) is 17.4 Å². The molecule has 0 unspecified atom stereocenters. The van der Waals surface area contributed by atoms with Gasteiger partial charge in [0.15, 0.2) is 0 Å². The number of amides is 1. The summed E-state index contributed by atoms with van der Waals surface area (Å²) in [5.41, 5.74) is 4.98. The monoisotopic (exact) mass is 376 g/mol. The second kappa shape index (κ2) is 6.82. The number of H-pyrrole nitrogens is 1. The van der Waals surface area contributed by atoms with Crippen LogP contribution in [0.3, 0.4) is 0 Å². The standard InChI is InChI=1S/C23H24N2O3/c1-13(2)15-8-10-16(11-9-15)22-21-18(17-6-4-5-7-19(17)24-21)12-20(23(27)28)25(22)14(3)26/h4-11,13,20,22,24H,12H2,1-3H3,(H,27,28)/t20-,22+/m0/s1. The van der Waals surface area contributed by atoms with Crippen LogP contribution in [0.25, 0.3) is 10.9 Å². The van der Waals surface area contributed by atoms with Crippen LogP contribution >= 0.6 is 0 Å². The van der Waals surface area contributed by atoms with Gasteiger partial charge in [-0.15, -0.1) is 0 Å². The lowest BCUT2D eigenvalue weighted by Gasteiger charge is -2.40. The predicted molar refractivity (Wildman–Crippen MR) is 108 cm³/mol. The minimum atomic E-state index is -0.977. The first-order chi connectivity index (χ1) is 13.4. The lowest BCUT2D eigenvalue weighted by Crippen LogP contribution is -2.50. The highest BCUT2D eigenvalue weighted by Gasteiger charge is 2.42. The molecule has 28 heavy (non-hydrogen) atoms. The van der Waals surface area contributed by atoms with E-state index in [4.69, 9.17) is 0 Å². The van der Waals surface area contributed by atoms with Gasteiger partial charge in [0.1, 0.15) is 6.04 Å². The number of aromatic amines is 1. The van der Waals surface area contributed by atoms with E-state index < -0.39 is 18.1 Å². The highest BCUT2D eigenvalue weighted by molar-refractivity contribution is 5.90. The Morgan fingerprint density at radius 3 is 2.39 bits per heavy atom. The molecule has 1 aliphatic rings. The molecule has 144 valence electrons. The number of carboxylic acids is 1. The third-order valence-electron chi connectivity index (χ3n) is 5.70. The molecule has 1 aromatic heterocycles. The van der Waals surface area contributed by atoms with E-state index in [0.717, 1.165) is 27.7 Å². The maximum Gasteiger partial charge on any atom is 0.326 e. The number of aliphatic carboxylic acids is 1. The van der Waals surface area contributed by atoms with Crippen molar-refractivity contribution >= 4 is 22.8 Å². The van der Waals surface area contributed by atoms with Gasteiger partial charge in [0.05, 0.1) is 6.04 Å². The lowest BCUT2D eigenvalue weighted by atomic mass is 9.87. The van der Waals surface area contributed by atoms with Gasteiger partial charge < -0.3 is 15.0 Å². The van der Waals surface area contributed by atoms with Crippen LogP contribution in [-0.2, 0) is 16.0 Å². The molecule has 0 radical (unpaired) electrons. The van der Waals surface area contributed by atoms with Crippen molar-refractivity contribution in [1.82, 2.24) is 9.88 Å². The average molecular weight is 376 g/mol. The number of nitrogens with one attached hydrogen (secondary N) is 1. The summed E-state index contributed by atoms with van der Waals surface area (Å²) in [6.07, 6.45) is 0.300. The number of nitrogens with zero attached hydrogens (tertiary/aromatic N) is 1. The Bertz CT molecular complexity index is 1050. The smallest absolute Gasteiger partial charge is 0.326 e. The largest absolute Gasteiger partial charge is 0.480 e. The van der Waals surface area contributed by atoms with E-state index >= 15 is 0 Å². The van der Waals surface area contributed by atoms with Gasteiger partial charge in [-0.25, -0.2) is 4.79 Å². The number of carboxylic acid groups (broad SMARTS) is 1. The minimum absolute atomic E-state index is 0.241. The number of rotatable bonds is 3. The Labute approximate surface area is 164 Å². The molecule has 2 aromatic carbocycles. The molecule has 2 N–H and O–H groups in total. The first-order valence-corrected chi connectivity index (χ1v) is 9.59. The van der Waals surface area contributed by atoms with Crippen LogP contribution in [0.4, 0.5) is 0 Å². The van der Waals surface area contributed by atoms with Crippen molar-refractivity contribution in [2.45, 2.75) is 45.2 Å². The van der Waals surface area contributed by atoms with E-state index in [9.17, 15) is 14.7 Å². The van der Waals surface area contributed by atoms with Gasteiger partial charge >= 0.3 is 5.97 Å². The Balaban J connectivity index is 1.94. The van der Waals surface area contributed by atoms with E-state index in [1.54, 1.807) is 0 Å². The fraction of sp³-hybridized carbons (Fsp3) is 0.304. The van der Waals surface area contributed by atoms with Crippen molar-refractivity contribution in [2.75, 3.05) is 0 Å². The van der Waals surface area contributed by atoms with E-state index in [0.29, 0.717) is 12.3 Å². The molecule has 2 heterocycles. The molecule has 0 saturated carbocycles. The number of carbonyl (C=O) groups excluding carboxylic acids is 1. The maximum atomic E-state index is 12.5. The molecule has 5 nitrogen and oxygen atoms in total. The molecule has 0 aliphatic carbocycles. The van der Waals surface area contributed by atoms with Gasteiger partial charge in [-0.2, -0.15) is 0 Å². The molecule has 0 spiro atoms. The Morgan fingerprint density at radius 1 is 1.11 bits per heavy atom. The van der Waals surface area contributed by atoms with Crippen LogP contribution in [0.2, 0.25) is 0 Å². The van der Waals surface area contributed by atoms with Crippen LogP contribution in [-0.4, -0.2) is 32.9 Å². The van der Waals surface area contributed by atoms with Crippen LogP contribution in [0.15, 0.2) is 48.5 Å². The van der Waals surface area contributed by atoms with Gasteiger partial charge in [0.2, 0.25) is 5.91 Å². The van der Waals surface area contributed by atoms with Gasteiger partial charge in [-0.05, 0) is 28.7 Å². The number of para-hydroxylation sites is 1. The summed E-state index contributed by atoms with van der Waals surface area (Å²) in [6, 6.07) is 14.7. The van der Waals surface area contributed by atoms with Gasteiger partial charge in [0, 0.05) is 29.9 Å². The number of aromatic nitrogens is 1. The fourth-order valence-electron chi connectivity index (χ4n) is 4.28. The number of hydrogen-bond donors (Lipinski definition) is 2. The van der Waals surface area contributed by atoms with E-state index in [2.05, 4.69) is 31.0 Å². The molecule has 4 rings (SSSR count). The summed E-state index contributed by atoms with van der Waals surface area (Å²) in [4.78, 5) is 29.6. The topological polar surface area (TPSA) is 73.4 Å². The summed E-state index contributed by atoms with van der Waals surface area (Å²) in [6.45, 7) is 5.71. The number of benzene rings is 2. The summed E-state index contributed by atoms with van der Waals surface area (Å²) in [5, 5.41) is 10.9. The van der Waals surface area contributed by atoms with Crippen molar-refractivity contribution in [3.05, 3.63) is 70.9 Å². The molecular formula is C23H24N2O3. The van der Waals surface area contributed by atoms with Crippen molar-refractivity contribution in [1.29, 1.82) is 0 Å². The summed E-state index contributed by atoms with van der Waals surface area (Å²) >= 11 is 0. The lowest BCUT2D eigenvalue weighted by molar-refractivity contribution is -0.151.